The van der Waals surface area contributed by atoms with Gasteiger partial charge in [0.05, 0.1) is 43.2 Å². The van der Waals surface area contributed by atoms with Crippen LogP contribution < -0.4 is 19.3 Å². The smallest absolute Gasteiger partial charge is 0.151 e. The van der Waals surface area contributed by atoms with Crippen molar-refractivity contribution in [2.45, 2.75) is 0 Å². The maximum atomic E-state index is 6.42. The van der Waals surface area contributed by atoms with Crippen LogP contribution in [0.4, 0.5) is 34.1 Å². The van der Waals surface area contributed by atoms with Gasteiger partial charge in [0.1, 0.15) is 10.0 Å². The second-order valence-corrected chi connectivity index (χ2v) is 21.0. The van der Waals surface area contributed by atoms with Crippen LogP contribution in [0.1, 0.15) is 0 Å². The summed E-state index contributed by atoms with van der Waals surface area (Å²) in [6, 6.07) is 90.3. The Bertz CT molecular complexity index is 4230. The number of anilines is 6. The number of ether oxygens (including phenoxy) is 2. The van der Waals surface area contributed by atoms with Gasteiger partial charge in [-0.05, 0) is 166 Å². The lowest BCUT2D eigenvalue weighted by molar-refractivity contribution is 0.477. The Kier molecular flexibility index (Phi) is 10.5. The SMILES string of the molecule is c1cc(-c2nc3ccccc3s2)cc(-c2cc(-c3ccc(N4c5ccccc5Oc5ccccc54)cc3)cc(-c3ccc(N4c5ccccc5Oc5ccccc54)cc3)c2-c2cccc(-c3nc4ccccc4s3)c2)c1. The molecule has 0 N–H and O–H groups in total. The molecule has 4 heterocycles. The van der Waals surface area contributed by atoms with Gasteiger partial charge in [-0.15, -0.1) is 22.7 Å². The van der Waals surface area contributed by atoms with E-state index in [0.29, 0.717) is 0 Å². The number of rotatable bonds is 8. The number of para-hydroxylation sites is 10. The van der Waals surface area contributed by atoms with Gasteiger partial charge in [0.2, 0.25) is 0 Å². The van der Waals surface area contributed by atoms with Crippen LogP contribution >= 0.6 is 22.7 Å². The maximum Gasteiger partial charge on any atom is 0.151 e. The molecule has 0 unspecified atom stereocenters. The van der Waals surface area contributed by atoms with Crippen LogP contribution in [0.5, 0.6) is 23.0 Å². The first-order chi connectivity index (χ1) is 37.6. The number of fused-ring (bicyclic) bond motifs is 6. The van der Waals surface area contributed by atoms with E-state index >= 15 is 0 Å². The first-order valence-corrected chi connectivity index (χ1v) is 26.9. The fourth-order valence-corrected chi connectivity index (χ4v) is 12.7. The zero-order valence-corrected chi connectivity index (χ0v) is 42.3. The van der Waals surface area contributed by atoms with Crippen molar-refractivity contribution in [3.63, 3.8) is 0 Å². The summed E-state index contributed by atoms with van der Waals surface area (Å²) < 4.78 is 15.2. The van der Waals surface area contributed by atoms with Gasteiger partial charge in [0, 0.05) is 22.5 Å². The largest absolute Gasteiger partial charge is 0.453 e. The molecule has 0 spiro atoms. The number of thiazole rings is 2. The van der Waals surface area contributed by atoms with Gasteiger partial charge in [0.25, 0.3) is 0 Å². The number of hydrogen-bond acceptors (Lipinski definition) is 8. The predicted octanol–water partition coefficient (Wildman–Crippen LogP) is 20.1. The molecule has 0 atom stereocenters. The third-order valence-corrected chi connectivity index (χ3v) is 16.5. The van der Waals surface area contributed by atoms with E-state index < -0.39 is 0 Å². The highest BCUT2D eigenvalue weighted by Gasteiger charge is 2.28. The van der Waals surface area contributed by atoms with Gasteiger partial charge >= 0.3 is 0 Å². The monoisotopic (exact) mass is 1010 g/mol. The minimum atomic E-state index is 0.819. The van der Waals surface area contributed by atoms with Crippen molar-refractivity contribution in [2.75, 3.05) is 9.80 Å². The van der Waals surface area contributed by atoms with E-state index in [1.54, 1.807) is 22.7 Å². The molecular formula is C68H42N4O2S2. The first kappa shape index (κ1) is 43.9. The molecule has 6 nitrogen and oxygen atoms in total. The second-order valence-electron chi connectivity index (χ2n) is 18.9. The lowest BCUT2D eigenvalue weighted by atomic mass is 9.84. The van der Waals surface area contributed by atoms with Crippen molar-refractivity contribution in [2.24, 2.45) is 0 Å². The highest BCUT2D eigenvalue weighted by molar-refractivity contribution is 7.22. The van der Waals surface area contributed by atoms with Crippen LogP contribution in [0.3, 0.4) is 0 Å². The average Bonchev–Trinajstić information content (AvgIpc) is 4.18. The molecule has 0 amide bonds. The van der Waals surface area contributed by atoms with Crippen molar-refractivity contribution in [3.8, 4) is 88.6 Å². The number of nitrogens with zero attached hydrogens (tertiary/aromatic N) is 4. The van der Waals surface area contributed by atoms with Gasteiger partial charge in [-0.25, -0.2) is 9.97 Å². The van der Waals surface area contributed by atoms with E-state index in [2.05, 4.69) is 216 Å². The van der Waals surface area contributed by atoms with Crippen molar-refractivity contribution in [1.29, 1.82) is 0 Å². The molecule has 0 aliphatic carbocycles. The first-order valence-electron chi connectivity index (χ1n) is 25.3. The van der Waals surface area contributed by atoms with Crippen LogP contribution in [-0.2, 0) is 0 Å². The topological polar surface area (TPSA) is 50.7 Å². The lowest BCUT2D eigenvalue weighted by Gasteiger charge is -2.33. The van der Waals surface area contributed by atoms with Crippen molar-refractivity contribution >= 4 is 77.2 Å². The summed E-state index contributed by atoms with van der Waals surface area (Å²) in [5, 5.41) is 1.98. The van der Waals surface area contributed by atoms with E-state index in [0.717, 1.165) is 134 Å². The molecule has 0 radical (unpaired) electrons. The van der Waals surface area contributed by atoms with Crippen LogP contribution in [-0.4, -0.2) is 9.97 Å². The van der Waals surface area contributed by atoms with E-state index in [4.69, 9.17) is 19.4 Å². The van der Waals surface area contributed by atoms with Crippen LogP contribution in [0.25, 0.3) is 86.1 Å². The van der Waals surface area contributed by atoms with Crippen LogP contribution in [0, 0.1) is 0 Å². The van der Waals surface area contributed by atoms with Crippen LogP contribution in [0.15, 0.2) is 255 Å². The van der Waals surface area contributed by atoms with Crippen LogP contribution in [0.2, 0.25) is 0 Å². The number of benzene rings is 11. The fraction of sp³-hybridized carbons (Fsp3) is 0. The summed E-state index contributed by atoms with van der Waals surface area (Å²) in [6.07, 6.45) is 0. The molecule has 13 aromatic rings. The molecule has 8 heteroatoms. The molecule has 15 rings (SSSR count). The zero-order valence-electron chi connectivity index (χ0n) is 40.7. The molecule has 358 valence electrons. The highest BCUT2D eigenvalue weighted by Crippen LogP contribution is 2.53. The van der Waals surface area contributed by atoms with Crippen molar-refractivity contribution in [3.05, 3.63) is 255 Å². The summed E-state index contributed by atoms with van der Waals surface area (Å²) in [5.74, 6) is 3.28. The third-order valence-electron chi connectivity index (χ3n) is 14.3. The molecular weight excluding hydrogens is 969 g/mol. The molecule has 0 bridgehead atoms. The van der Waals surface area contributed by atoms with Gasteiger partial charge in [-0.3, -0.25) is 0 Å². The Morgan fingerprint density at radius 1 is 0.289 bits per heavy atom. The summed E-state index contributed by atoms with van der Waals surface area (Å²) in [5.41, 5.74) is 19.0. The lowest BCUT2D eigenvalue weighted by Crippen LogP contribution is -2.15. The van der Waals surface area contributed by atoms with Gasteiger partial charge in [0.15, 0.2) is 23.0 Å². The van der Waals surface area contributed by atoms with Crippen molar-refractivity contribution < 1.29 is 9.47 Å². The predicted molar refractivity (Wildman–Crippen MR) is 315 cm³/mol. The molecule has 11 aromatic carbocycles. The maximum absolute atomic E-state index is 6.42. The minimum absolute atomic E-state index is 0.819. The average molecular weight is 1010 g/mol. The Morgan fingerprint density at radius 2 is 0.671 bits per heavy atom. The Hall–Kier alpha value is -9.60. The molecule has 2 aliphatic heterocycles. The zero-order chi connectivity index (χ0) is 50.1. The molecule has 0 saturated carbocycles. The molecule has 76 heavy (non-hydrogen) atoms. The molecule has 0 saturated heterocycles. The normalized spacial score (nSPS) is 12.4. The highest BCUT2D eigenvalue weighted by atomic mass is 32.1. The summed E-state index contributed by atoms with van der Waals surface area (Å²) in [4.78, 5) is 14.9. The Balaban J connectivity index is 0.937. The minimum Gasteiger partial charge on any atom is -0.453 e. The fourth-order valence-electron chi connectivity index (χ4n) is 10.8. The third kappa shape index (κ3) is 7.61. The van der Waals surface area contributed by atoms with Gasteiger partial charge in [-0.1, -0.05) is 133 Å². The van der Waals surface area contributed by atoms with Gasteiger partial charge < -0.3 is 19.3 Å². The summed E-state index contributed by atoms with van der Waals surface area (Å²) in [6.45, 7) is 0. The van der Waals surface area contributed by atoms with E-state index in [1.807, 2.05) is 48.5 Å². The quantitative estimate of drug-likeness (QED) is 0.151. The van der Waals surface area contributed by atoms with E-state index in [9.17, 15) is 0 Å². The number of aromatic nitrogens is 2. The Labute approximate surface area is 447 Å². The van der Waals surface area contributed by atoms with Crippen molar-refractivity contribution in [1.82, 2.24) is 9.97 Å². The summed E-state index contributed by atoms with van der Waals surface area (Å²) in [7, 11) is 0. The second kappa shape index (κ2) is 18.1. The summed E-state index contributed by atoms with van der Waals surface area (Å²) >= 11 is 3.45. The van der Waals surface area contributed by atoms with E-state index in [1.165, 1.54) is 9.40 Å². The number of hydrogen-bond donors (Lipinski definition) is 0. The molecule has 2 aromatic heterocycles. The Morgan fingerprint density at radius 3 is 1.14 bits per heavy atom. The molecule has 0 fully saturated rings. The molecule has 2 aliphatic rings. The van der Waals surface area contributed by atoms with Gasteiger partial charge in [-0.2, -0.15) is 0 Å². The van der Waals surface area contributed by atoms with E-state index in [-0.39, 0.29) is 0 Å². The standard InChI is InChI=1S/C68H42N4O2S2/c1-11-29-64-54(19-1)69-67(75-64)47-17-13-15-45(39-47)53-42-49(43-31-35-50(36-32-43)71-56-21-3-7-25-60(56)73-61-26-8-4-22-57(61)71)41-52(66(53)46-16-14-18-48(40-46)68-70-55-20-2-12-30-65(55)76-68)44-33-37-51(38-34-44)72-58-23-5-9-27-62(58)74-63-28-10-6-24-59(63)72/h1-42H.